The highest BCUT2D eigenvalue weighted by atomic mass is 16.4. The van der Waals surface area contributed by atoms with Crippen LogP contribution in [-0.2, 0) is 4.79 Å². The normalized spacial score (nSPS) is 7.10. The molecule has 0 amide bonds. The highest BCUT2D eigenvalue weighted by molar-refractivity contribution is 5.69. The lowest BCUT2D eigenvalue weighted by Gasteiger charge is -1.78. The van der Waals surface area contributed by atoms with Crippen LogP contribution in [0, 0.1) is 24.2 Å². The maximum atomic E-state index is 9.89. The Hall–Kier alpha value is -1.41. The molecule has 0 spiro atoms. The van der Waals surface area contributed by atoms with Crippen LogP contribution in [0.25, 0.3) is 0 Å². The molecular formula is C8H8O2. The molecule has 0 aliphatic heterocycles. The van der Waals surface area contributed by atoms with Crippen molar-refractivity contribution < 1.29 is 9.90 Å². The molecule has 0 aromatic carbocycles. The number of rotatable bonds is 2. The minimum Gasteiger partial charge on any atom is -0.481 e. The van der Waals surface area contributed by atoms with Gasteiger partial charge in [-0.1, -0.05) is 5.92 Å². The predicted molar refractivity (Wildman–Crippen MR) is 38.1 cm³/mol. The van der Waals surface area contributed by atoms with Crippen LogP contribution in [0.3, 0.4) is 0 Å². The maximum absolute atomic E-state index is 9.89. The minimum absolute atomic E-state index is 0.0927. The van der Waals surface area contributed by atoms with Gasteiger partial charge in [-0.25, -0.2) is 0 Å². The summed E-state index contributed by atoms with van der Waals surface area (Å²) < 4.78 is 0. The second-order valence-electron chi connectivity index (χ2n) is 1.63. The van der Waals surface area contributed by atoms with E-state index in [4.69, 9.17) is 11.5 Å². The first kappa shape index (κ1) is 8.59. The van der Waals surface area contributed by atoms with E-state index in [1.807, 2.05) is 0 Å². The second-order valence-corrected chi connectivity index (χ2v) is 1.63. The summed E-state index contributed by atoms with van der Waals surface area (Å²) in [5.74, 6) is 6.63. The largest absolute Gasteiger partial charge is 0.481 e. The van der Waals surface area contributed by atoms with E-state index in [1.54, 1.807) is 0 Å². The van der Waals surface area contributed by atoms with Crippen molar-refractivity contribution in [2.75, 3.05) is 0 Å². The van der Waals surface area contributed by atoms with Gasteiger partial charge in [0, 0.05) is 12.8 Å². The standard InChI is InChI=1S/C8H8O2/c1-2-3-4-5-6-7-8(9)10/h1H,3-4,7H2,(H,9,10). The Bertz CT molecular complexity index is 200. The highest BCUT2D eigenvalue weighted by Crippen LogP contribution is 1.82. The van der Waals surface area contributed by atoms with Crippen molar-refractivity contribution in [3.05, 3.63) is 0 Å². The molecule has 52 valence electrons. The molecule has 2 heteroatoms. The van der Waals surface area contributed by atoms with Gasteiger partial charge in [0.1, 0.15) is 6.42 Å². The third-order valence-corrected chi connectivity index (χ3v) is 0.759. The summed E-state index contributed by atoms with van der Waals surface area (Å²) in [7, 11) is 0. The first-order valence-electron chi connectivity index (χ1n) is 2.88. The van der Waals surface area contributed by atoms with E-state index in [9.17, 15) is 4.79 Å². The minimum atomic E-state index is -0.895. The fraction of sp³-hybridized carbons (Fsp3) is 0.375. The van der Waals surface area contributed by atoms with Crippen LogP contribution in [0.5, 0.6) is 0 Å². The fourth-order valence-corrected chi connectivity index (χ4v) is 0.361. The molecule has 0 unspecified atom stereocenters. The molecule has 0 atom stereocenters. The predicted octanol–water partition coefficient (Wildman–Crippen LogP) is 0.878. The van der Waals surface area contributed by atoms with Gasteiger partial charge in [-0.2, -0.15) is 0 Å². The van der Waals surface area contributed by atoms with Crippen LogP contribution in [0.2, 0.25) is 0 Å². The van der Waals surface area contributed by atoms with Crippen molar-refractivity contribution in [1.29, 1.82) is 0 Å². The van der Waals surface area contributed by atoms with Crippen molar-refractivity contribution in [3.63, 3.8) is 0 Å². The number of hydrogen-bond acceptors (Lipinski definition) is 1. The van der Waals surface area contributed by atoms with Gasteiger partial charge in [-0.15, -0.1) is 18.3 Å². The second kappa shape index (κ2) is 5.72. The quantitative estimate of drug-likeness (QED) is 0.452. The first-order valence-corrected chi connectivity index (χ1v) is 2.88. The Labute approximate surface area is 60.2 Å². The summed E-state index contributed by atoms with van der Waals surface area (Å²) in [5, 5.41) is 8.13. The number of carboxylic acid groups (broad SMARTS) is 1. The first-order chi connectivity index (χ1) is 4.77. The number of hydrogen-bond donors (Lipinski definition) is 1. The Morgan fingerprint density at radius 3 is 2.60 bits per heavy atom. The molecule has 0 aromatic heterocycles. The highest BCUT2D eigenvalue weighted by Gasteiger charge is 1.86. The van der Waals surface area contributed by atoms with Crippen LogP contribution in [-0.4, -0.2) is 11.1 Å². The molecule has 0 aliphatic carbocycles. The molecule has 2 nitrogen and oxygen atoms in total. The van der Waals surface area contributed by atoms with Gasteiger partial charge in [0.15, 0.2) is 0 Å². The lowest BCUT2D eigenvalue weighted by molar-refractivity contribution is -0.135. The van der Waals surface area contributed by atoms with Crippen LogP contribution in [0.15, 0.2) is 0 Å². The molecule has 0 aromatic rings. The zero-order valence-corrected chi connectivity index (χ0v) is 5.55. The van der Waals surface area contributed by atoms with E-state index in [2.05, 4.69) is 17.8 Å². The maximum Gasteiger partial charge on any atom is 0.315 e. The van der Waals surface area contributed by atoms with Gasteiger partial charge in [0.05, 0.1) is 0 Å². The summed E-state index contributed by atoms with van der Waals surface area (Å²) in [4.78, 5) is 9.89. The fourth-order valence-electron chi connectivity index (χ4n) is 0.361. The Balaban J connectivity index is 3.34. The Morgan fingerprint density at radius 1 is 1.40 bits per heavy atom. The van der Waals surface area contributed by atoms with E-state index >= 15 is 0 Å². The molecule has 0 saturated heterocycles. The molecule has 0 rings (SSSR count). The van der Waals surface area contributed by atoms with E-state index < -0.39 is 5.97 Å². The zero-order valence-electron chi connectivity index (χ0n) is 5.55. The van der Waals surface area contributed by atoms with Crippen LogP contribution in [0.4, 0.5) is 0 Å². The molecule has 0 radical (unpaired) electrons. The smallest absolute Gasteiger partial charge is 0.315 e. The van der Waals surface area contributed by atoms with Gasteiger partial charge in [0.2, 0.25) is 0 Å². The lowest BCUT2D eigenvalue weighted by Crippen LogP contribution is -1.89. The molecule has 0 aliphatic rings. The lowest BCUT2D eigenvalue weighted by atomic mass is 10.3. The molecule has 0 bridgehead atoms. The van der Waals surface area contributed by atoms with Gasteiger partial charge in [-0.3, -0.25) is 4.79 Å². The van der Waals surface area contributed by atoms with Gasteiger partial charge in [-0.05, 0) is 0 Å². The molecule has 0 fully saturated rings. The Morgan fingerprint density at radius 2 is 2.10 bits per heavy atom. The van der Waals surface area contributed by atoms with Crippen LogP contribution >= 0.6 is 0 Å². The SMILES string of the molecule is C#CCCC#CCC(=O)O. The monoisotopic (exact) mass is 136 g/mol. The van der Waals surface area contributed by atoms with Crippen molar-refractivity contribution in [1.82, 2.24) is 0 Å². The van der Waals surface area contributed by atoms with Crippen molar-refractivity contribution >= 4 is 5.97 Å². The van der Waals surface area contributed by atoms with Crippen molar-refractivity contribution in [2.45, 2.75) is 19.3 Å². The number of aliphatic carboxylic acids is 1. The number of carbonyl (C=O) groups is 1. The molecule has 0 saturated carbocycles. The number of carboxylic acids is 1. The summed E-state index contributed by atoms with van der Waals surface area (Å²) in [6.07, 6.45) is 6.02. The van der Waals surface area contributed by atoms with Crippen LogP contribution < -0.4 is 0 Å². The summed E-state index contributed by atoms with van der Waals surface area (Å²) in [6.45, 7) is 0. The van der Waals surface area contributed by atoms with Gasteiger partial charge < -0.3 is 5.11 Å². The van der Waals surface area contributed by atoms with E-state index in [0.717, 1.165) is 0 Å². The van der Waals surface area contributed by atoms with Crippen molar-refractivity contribution in [3.8, 4) is 24.2 Å². The summed E-state index contributed by atoms with van der Waals surface area (Å²) >= 11 is 0. The van der Waals surface area contributed by atoms with E-state index in [0.29, 0.717) is 12.8 Å². The summed E-state index contributed by atoms with van der Waals surface area (Å²) in [5.41, 5.74) is 0. The zero-order chi connectivity index (χ0) is 7.82. The molecule has 0 heterocycles. The molecule has 1 N–H and O–H groups in total. The van der Waals surface area contributed by atoms with Gasteiger partial charge >= 0.3 is 5.97 Å². The van der Waals surface area contributed by atoms with E-state index in [1.165, 1.54) is 0 Å². The summed E-state index contributed by atoms with van der Waals surface area (Å²) in [6, 6.07) is 0. The van der Waals surface area contributed by atoms with E-state index in [-0.39, 0.29) is 6.42 Å². The topological polar surface area (TPSA) is 37.3 Å². The number of terminal acetylenes is 1. The third kappa shape index (κ3) is 6.59. The number of unbranched alkanes of at least 4 members (excludes halogenated alkanes) is 1. The third-order valence-electron chi connectivity index (χ3n) is 0.759. The van der Waals surface area contributed by atoms with Crippen molar-refractivity contribution in [2.24, 2.45) is 0 Å². The van der Waals surface area contributed by atoms with Crippen LogP contribution in [0.1, 0.15) is 19.3 Å². The molecule has 10 heavy (non-hydrogen) atoms. The average molecular weight is 136 g/mol. The Kier molecular flexibility index (Phi) is 4.91. The molecular weight excluding hydrogens is 128 g/mol. The average Bonchev–Trinajstić information content (AvgIpc) is 1.87. The van der Waals surface area contributed by atoms with Gasteiger partial charge in [0.25, 0.3) is 0 Å².